The minimum absolute atomic E-state index is 0.359. The fraction of sp³-hybridized carbons (Fsp3) is 1.00. The van der Waals surface area contributed by atoms with Gasteiger partial charge in [0.2, 0.25) is 0 Å². The third kappa shape index (κ3) is 9.16. The molecule has 0 amide bonds. The van der Waals surface area contributed by atoms with Crippen molar-refractivity contribution in [1.29, 1.82) is 0 Å². The molecule has 0 aromatic heterocycles. The molecule has 0 aromatic carbocycles. The van der Waals surface area contributed by atoms with Crippen LogP contribution in [0.1, 0.15) is 109 Å². The van der Waals surface area contributed by atoms with Crippen LogP contribution in [0.3, 0.4) is 0 Å². The number of rotatable bonds is 12. The second-order valence-corrected chi connectivity index (χ2v) is 41.5. The highest BCUT2D eigenvalue weighted by Crippen LogP contribution is 2.48. The molecule has 252 valence electrons. The molecule has 1 fully saturated rings. The SMILES string of the molecule is CC(C)(C)[Si](C)(C)N(CCN[C@@H]1CCCC[C@H]1NCCN([Si](C)(C)C(C)(C)C)[Si](C)(C)C(C)(C)C)[Si](C)(C)C(C)(C)C. The van der Waals surface area contributed by atoms with Crippen LogP contribution < -0.4 is 10.6 Å². The van der Waals surface area contributed by atoms with Crippen LogP contribution in [0.15, 0.2) is 0 Å². The van der Waals surface area contributed by atoms with E-state index in [0.717, 1.165) is 13.1 Å². The van der Waals surface area contributed by atoms with Crippen LogP contribution in [0.2, 0.25) is 72.5 Å². The van der Waals surface area contributed by atoms with Gasteiger partial charge < -0.3 is 19.1 Å². The summed E-state index contributed by atoms with van der Waals surface area (Å²) in [6.07, 6.45) is 5.35. The molecule has 1 saturated carbocycles. The Kier molecular flexibility index (Phi) is 13.4. The van der Waals surface area contributed by atoms with Crippen molar-refractivity contribution in [2.24, 2.45) is 0 Å². The number of hydrogen-bond donors (Lipinski definition) is 2. The first-order valence-electron chi connectivity index (χ1n) is 17.5. The van der Waals surface area contributed by atoms with Gasteiger partial charge in [0.1, 0.15) is 32.9 Å². The molecule has 0 unspecified atom stereocenters. The van der Waals surface area contributed by atoms with E-state index >= 15 is 0 Å². The maximum atomic E-state index is 4.14. The average molecular weight is 657 g/mol. The molecule has 4 nitrogen and oxygen atoms in total. The molecule has 0 saturated heterocycles. The van der Waals surface area contributed by atoms with Gasteiger partial charge in [0.15, 0.2) is 0 Å². The molecule has 0 bridgehead atoms. The maximum absolute atomic E-state index is 4.14. The van der Waals surface area contributed by atoms with Gasteiger partial charge in [0.05, 0.1) is 0 Å². The molecule has 8 heteroatoms. The Balaban J connectivity index is 3.07. The van der Waals surface area contributed by atoms with Gasteiger partial charge in [-0.05, 0) is 46.1 Å². The monoisotopic (exact) mass is 657 g/mol. The van der Waals surface area contributed by atoms with E-state index in [4.69, 9.17) is 0 Å². The summed E-state index contributed by atoms with van der Waals surface area (Å²) < 4.78 is 6.18. The first-order chi connectivity index (χ1) is 18.4. The smallest absolute Gasteiger partial charge is 0.121 e. The van der Waals surface area contributed by atoms with Crippen molar-refractivity contribution >= 4 is 32.9 Å². The third-order valence-corrected chi connectivity index (χ3v) is 41.0. The molecule has 0 spiro atoms. The molecule has 2 N–H and O–H groups in total. The summed E-state index contributed by atoms with van der Waals surface area (Å²) in [5, 5.41) is 9.72. The molecule has 42 heavy (non-hydrogen) atoms. The lowest BCUT2D eigenvalue weighted by atomic mass is 9.90. The Labute approximate surface area is 270 Å². The second-order valence-electron chi connectivity index (χ2n) is 19.9. The third-order valence-electron chi connectivity index (χ3n) is 13.3. The molecular formula is C34H80N4Si4. The van der Waals surface area contributed by atoms with Gasteiger partial charge >= 0.3 is 0 Å². The summed E-state index contributed by atoms with van der Waals surface area (Å²) >= 11 is 0. The van der Waals surface area contributed by atoms with Crippen molar-refractivity contribution in [3.05, 3.63) is 0 Å². The van der Waals surface area contributed by atoms with E-state index < -0.39 is 32.9 Å². The van der Waals surface area contributed by atoms with Gasteiger partial charge in [0.25, 0.3) is 0 Å². The van der Waals surface area contributed by atoms with Crippen molar-refractivity contribution in [3.63, 3.8) is 0 Å². The van der Waals surface area contributed by atoms with Gasteiger partial charge in [-0.25, -0.2) is 0 Å². The maximum Gasteiger partial charge on any atom is 0.121 e. The van der Waals surface area contributed by atoms with Crippen LogP contribution in [0.5, 0.6) is 0 Å². The molecule has 0 aliphatic heterocycles. The van der Waals surface area contributed by atoms with Gasteiger partial charge in [-0.15, -0.1) is 0 Å². The quantitative estimate of drug-likeness (QED) is 0.205. The lowest BCUT2D eigenvalue weighted by molar-refractivity contribution is 0.278. The molecule has 2 atom stereocenters. The Morgan fingerprint density at radius 1 is 0.452 bits per heavy atom. The highest BCUT2D eigenvalue weighted by molar-refractivity contribution is 6.94. The number of nitrogens with one attached hydrogen (secondary N) is 2. The highest BCUT2D eigenvalue weighted by atomic mass is 28.4. The largest absolute Gasteiger partial charge is 0.344 e. The predicted molar refractivity (Wildman–Crippen MR) is 204 cm³/mol. The summed E-state index contributed by atoms with van der Waals surface area (Å²) in [5.41, 5.74) is 0. The summed E-state index contributed by atoms with van der Waals surface area (Å²) in [6, 6.07) is 1.18. The normalized spacial score (nSPS) is 21.0. The van der Waals surface area contributed by atoms with Crippen LogP contribution in [0.4, 0.5) is 0 Å². The highest BCUT2D eigenvalue weighted by Gasteiger charge is 2.52. The summed E-state index contributed by atoms with van der Waals surface area (Å²) in [6.45, 7) is 55.6. The zero-order chi connectivity index (χ0) is 33.4. The van der Waals surface area contributed by atoms with Crippen LogP contribution in [0.25, 0.3) is 0 Å². The van der Waals surface area contributed by atoms with Gasteiger partial charge in [-0.1, -0.05) is 148 Å². The van der Waals surface area contributed by atoms with E-state index in [1.807, 2.05) is 0 Å². The van der Waals surface area contributed by atoms with E-state index in [-0.39, 0.29) is 0 Å². The summed E-state index contributed by atoms with van der Waals surface area (Å²) in [4.78, 5) is 0. The number of nitrogens with zero attached hydrogens (tertiary/aromatic N) is 2. The van der Waals surface area contributed by atoms with E-state index in [9.17, 15) is 0 Å². The topological polar surface area (TPSA) is 30.5 Å². The van der Waals surface area contributed by atoms with E-state index in [1.54, 1.807) is 0 Å². The van der Waals surface area contributed by atoms with Crippen LogP contribution in [-0.2, 0) is 0 Å². The fourth-order valence-corrected chi connectivity index (χ4v) is 27.6. The second kappa shape index (κ2) is 13.8. The van der Waals surface area contributed by atoms with Gasteiger partial charge in [-0.2, -0.15) is 0 Å². The minimum atomic E-state index is -1.64. The Morgan fingerprint density at radius 3 is 0.857 bits per heavy atom. The van der Waals surface area contributed by atoms with Crippen LogP contribution >= 0.6 is 0 Å². The minimum Gasteiger partial charge on any atom is -0.344 e. The molecule has 0 heterocycles. The molecule has 0 aromatic rings. The first kappa shape index (κ1) is 40.7. The number of hydrogen-bond acceptors (Lipinski definition) is 4. The van der Waals surface area contributed by atoms with Crippen molar-refractivity contribution < 1.29 is 0 Å². The Morgan fingerprint density at radius 2 is 0.667 bits per heavy atom. The average Bonchev–Trinajstić information content (AvgIpc) is 2.76. The van der Waals surface area contributed by atoms with E-state index in [2.05, 4.69) is 155 Å². The standard InChI is InChI=1S/C34H80N4Si4/c1-31(2,3)39(13,14)37(40(15,16)32(4,5)6)27-25-35-29-23-21-22-24-30(29)36-26-28-38(41(17,18)33(7,8)9)42(19,20)34(10,11)12/h29-30,35-36H,21-28H2,1-20H3/t29-,30-/m1/s1. The summed E-state index contributed by atoms with van der Waals surface area (Å²) in [5.74, 6) is 0. The zero-order valence-electron chi connectivity index (χ0n) is 32.7. The van der Waals surface area contributed by atoms with Crippen molar-refractivity contribution in [2.45, 2.75) is 193 Å². The lowest BCUT2D eigenvalue weighted by Crippen LogP contribution is -2.70. The van der Waals surface area contributed by atoms with Crippen molar-refractivity contribution in [1.82, 2.24) is 19.1 Å². The molecule has 1 aliphatic carbocycles. The van der Waals surface area contributed by atoms with Crippen LogP contribution in [-0.4, -0.2) is 79.7 Å². The molecular weight excluding hydrogens is 577 g/mol. The van der Waals surface area contributed by atoms with Crippen molar-refractivity contribution in [2.75, 3.05) is 26.2 Å². The molecule has 1 aliphatic rings. The Hall–Kier alpha value is 0.708. The lowest BCUT2D eigenvalue weighted by Gasteiger charge is -2.57. The first-order valence-corrected chi connectivity index (χ1v) is 29.3. The van der Waals surface area contributed by atoms with E-state index in [1.165, 1.54) is 38.8 Å². The predicted octanol–water partition coefficient (Wildman–Crippen LogP) is 10.1. The van der Waals surface area contributed by atoms with Crippen LogP contribution in [0, 0.1) is 0 Å². The summed E-state index contributed by atoms with van der Waals surface area (Å²) in [7, 11) is -6.57. The van der Waals surface area contributed by atoms with Crippen molar-refractivity contribution in [3.8, 4) is 0 Å². The molecule has 1 rings (SSSR count). The zero-order valence-corrected chi connectivity index (χ0v) is 36.7. The molecule has 0 radical (unpaired) electrons. The van der Waals surface area contributed by atoms with Gasteiger partial charge in [0, 0.05) is 25.2 Å². The van der Waals surface area contributed by atoms with Gasteiger partial charge in [-0.3, -0.25) is 0 Å². The fourth-order valence-electron chi connectivity index (χ4n) is 6.48. The van der Waals surface area contributed by atoms with E-state index in [0.29, 0.717) is 32.2 Å². The Bertz CT molecular complexity index is 720.